The van der Waals surface area contributed by atoms with Crippen LogP contribution in [0.3, 0.4) is 0 Å². The SMILES string of the molecule is CC(C)Cc1ccc(S(=O)(=O)NCCC2CCN(C(=O)c3ccc(F)cc3)CC2)cc1. The molecule has 0 bridgehead atoms. The van der Waals surface area contributed by atoms with E-state index in [1.807, 2.05) is 12.1 Å². The van der Waals surface area contributed by atoms with Gasteiger partial charge in [-0.2, -0.15) is 0 Å². The second-order valence-corrected chi connectivity index (χ2v) is 10.4. The number of amides is 1. The maximum atomic E-state index is 13.0. The second-order valence-electron chi connectivity index (χ2n) is 8.67. The first-order valence-electron chi connectivity index (χ1n) is 10.9. The first-order valence-corrected chi connectivity index (χ1v) is 12.4. The molecule has 1 heterocycles. The van der Waals surface area contributed by atoms with E-state index in [4.69, 9.17) is 0 Å². The number of hydrogen-bond acceptors (Lipinski definition) is 3. The largest absolute Gasteiger partial charge is 0.339 e. The molecule has 0 spiro atoms. The van der Waals surface area contributed by atoms with Gasteiger partial charge in [0.1, 0.15) is 5.82 Å². The van der Waals surface area contributed by atoms with E-state index >= 15 is 0 Å². The lowest BCUT2D eigenvalue weighted by molar-refractivity contribution is 0.0687. The number of halogens is 1. The van der Waals surface area contributed by atoms with Crippen LogP contribution in [0.5, 0.6) is 0 Å². The number of carbonyl (C=O) groups excluding carboxylic acids is 1. The molecule has 1 N–H and O–H groups in total. The summed E-state index contributed by atoms with van der Waals surface area (Å²) in [5.41, 5.74) is 1.63. The Balaban J connectivity index is 1.44. The Morgan fingerprint density at radius 1 is 1.06 bits per heavy atom. The highest BCUT2D eigenvalue weighted by Crippen LogP contribution is 2.22. The quantitative estimate of drug-likeness (QED) is 0.659. The molecule has 1 amide bonds. The van der Waals surface area contributed by atoms with Crippen LogP contribution < -0.4 is 4.72 Å². The van der Waals surface area contributed by atoms with Crippen molar-refractivity contribution < 1.29 is 17.6 Å². The number of carbonyl (C=O) groups is 1. The fourth-order valence-corrected chi connectivity index (χ4v) is 5.00. The van der Waals surface area contributed by atoms with Crippen LogP contribution in [0.25, 0.3) is 0 Å². The average Bonchev–Trinajstić information content (AvgIpc) is 2.74. The van der Waals surface area contributed by atoms with Crippen molar-refractivity contribution in [3.05, 3.63) is 65.5 Å². The maximum absolute atomic E-state index is 13.0. The zero-order chi connectivity index (χ0) is 22.4. The Hall–Kier alpha value is -2.25. The minimum absolute atomic E-state index is 0.0833. The molecule has 1 saturated heterocycles. The van der Waals surface area contributed by atoms with Crippen molar-refractivity contribution in [2.75, 3.05) is 19.6 Å². The summed E-state index contributed by atoms with van der Waals surface area (Å²) < 4.78 is 40.8. The van der Waals surface area contributed by atoms with Crippen LogP contribution in [-0.4, -0.2) is 38.9 Å². The van der Waals surface area contributed by atoms with Crippen molar-refractivity contribution in [2.24, 2.45) is 11.8 Å². The maximum Gasteiger partial charge on any atom is 0.253 e. The zero-order valence-electron chi connectivity index (χ0n) is 18.2. The summed E-state index contributed by atoms with van der Waals surface area (Å²) in [5.74, 6) is 0.454. The molecular formula is C24H31FN2O3S. The molecule has 7 heteroatoms. The molecule has 168 valence electrons. The van der Waals surface area contributed by atoms with Crippen molar-refractivity contribution in [1.82, 2.24) is 9.62 Å². The summed E-state index contributed by atoms with van der Waals surface area (Å²) in [6.45, 7) is 5.91. The minimum atomic E-state index is -3.52. The van der Waals surface area contributed by atoms with Crippen molar-refractivity contribution in [3.8, 4) is 0 Å². The number of likely N-dealkylation sites (tertiary alicyclic amines) is 1. The number of nitrogens with one attached hydrogen (secondary N) is 1. The average molecular weight is 447 g/mol. The highest BCUT2D eigenvalue weighted by atomic mass is 32.2. The highest BCUT2D eigenvalue weighted by molar-refractivity contribution is 7.89. The summed E-state index contributed by atoms with van der Waals surface area (Å²) >= 11 is 0. The Morgan fingerprint density at radius 2 is 1.68 bits per heavy atom. The molecule has 0 saturated carbocycles. The lowest BCUT2D eigenvalue weighted by Gasteiger charge is -2.32. The van der Waals surface area contributed by atoms with E-state index < -0.39 is 10.0 Å². The van der Waals surface area contributed by atoms with Crippen LogP contribution >= 0.6 is 0 Å². The molecule has 0 atom stereocenters. The molecule has 2 aromatic rings. The van der Waals surface area contributed by atoms with Gasteiger partial charge in [-0.1, -0.05) is 26.0 Å². The van der Waals surface area contributed by atoms with E-state index in [1.54, 1.807) is 17.0 Å². The molecule has 0 radical (unpaired) electrons. The fraction of sp³-hybridized carbons (Fsp3) is 0.458. The van der Waals surface area contributed by atoms with Crippen LogP contribution in [0, 0.1) is 17.7 Å². The third-order valence-corrected chi connectivity index (χ3v) is 7.19. The van der Waals surface area contributed by atoms with Crippen LogP contribution in [-0.2, 0) is 16.4 Å². The molecule has 1 aliphatic heterocycles. The molecule has 31 heavy (non-hydrogen) atoms. The summed E-state index contributed by atoms with van der Waals surface area (Å²) in [5, 5.41) is 0. The van der Waals surface area contributed by atoms with Gasteiger partial charge in [-0.25, -0.2) is 17.5 Å². The first kappa shape index (κ1) is 23.4. The van der Waals surface area contributed by atoms with Gasteiger partial charge in [0.15, 0.2) is 0 Å². The Morgan fingerprint density at radius 3 is 2.26 bits per heavy atom. The van der Waals surface area contributed by atoms with Gasteiger partial charge in [0.25, 0.3) is 5.91 Å². The highest BCUT2D eigenvalue weighted by Gasteiger charge is 2.24. The second kappa shape index (κ2) is 10.4. The lowest BCUT2D eigenvalue weighted by atomic mass is 9.93. The van der Waals surface area contributed by atoms with Gasteiger partial charge in [-0.05, 0) is 79.5 Å². The molecular weight excluding hydrogens is 415 g/mol. The van der Waals surface area contributed by atoms with Gasteiger partial charge in [-0.15, -0.1) is 0 Å². The van der Waals surface area contributed by atoms with E-state index in [0.29, 0.717) is 41.9 Å². The summed E-state index contributed by atoms with van der Waals surface area (Å²) in [6, 6.07) is 12.7. The first-order chi connectivity index (χ1) is 14.7. The van der Waals surface area contributed by atoms with E-state index in [2.05, 4.69) is 18.6 Å². The van der Waals surface area contributed by atoms with Crippen LogP contribution in [0.15, 0.2) is 53.4 Å². The number of sulfonamides is 1. The Bertz CT molecular complexity index is 965. The summed E-state index contributed by atoms with van der Waals surface area (Å²) in [6.07, 6.45) is 3.33. The molecule has 1 fully saturated rings. The van der Waals surface area contributed by atoms with E-state index in [1.165, 1.54) is 24.3 Å². The topological polar surface area (TPSA) is 66.5 Å². The third kappa shape index (κ3) is 6.61. The number of benzene rings is 2. The molecule has 0 aliphatic carbocycles. The normalized spacial score (nSPS) is 15.4. The van der Waals surface area contributed by atoms with Gasteiger partial charge in [0, 0.05) is 25.2 Å². The Labute approximate surface area is 184 Å². The summed E-state index contributed by atoms with van der Waals surface area (Å²) in [7, 11) is -3.52. The van der Waals surface area contributed by atoms with Crippen LogP contribution in [0.2, 0.25) is 0 Å². The van der Waals surface area contributed by atoms with E-state index in [9.17, 15) is 17.6 Å². The van der Waals surface area contributed by atoms with Gasteiger partial charge < -0.3 is 4.90 Å². The van der Waals surface area contributed by atoms with E-state index in [0.717, 1.165) is 31.2 Å². The monoisotopic (exact) mass is 446 g/mol. The smallest absolute Gasteiger partial charge is 0.253 e. The number of nitrogens with zero attached hydrogens (tertiary/aromatic N) is 1. The molecule has 0 unspecified atom stereocenters. The molecule has 5 nitrogen and oxygen atoms in total. The summed E-state index contributed by atoms with van der Waals surface area (Å²) in [4.78, 5) is 14.6. The standard InChI is InChI=1S/C24H31FN2O3S/c1-18(2)17-20-3-9-23(10-4-20)31(29,30)26-14-11-19-12-15-27(16-13-19)24(28)21-5-7-22(25)8-6-21/h3-10,18-19,26H,11-17H2,1-2H3. The Kier molecular flexibility index (Phi) is 7.84. The zero-order valence-corrected chi connectivity index (χ0v) is 19.0. The number of rotatable bonds is 8. The number of piperidine rings is 1. The van der Waals surface area contributed by atoms with Crippen LogP contribution in [0.1, 0.15) is 49.0 Å². The van der Waals surface area contributed by atoms with Crippen molar-refractivity contribution in [3.63, 3.8) is 0 Å². The van der Waals surface area contributed by atoms with Gasteiger partial charge in [0.05, 0.1) is 4.90 Å². The van der Waals surface area contributed by atoms with Crippen molar-refractivity contribution in [2.45, 2.75) is 44.4 Å². The predicted octanol–water partition coefficient (Wildman–Crippen LogP) is 4.25. The van der Waals surface area contributed by atoms with Crippen LogP contribution in [0.4, 0.5) is 4.39 Å². The van der Waals surface area contributed by atoms with Crippen molar-refractivity contribution in [1.29, 1.82) is 0 Å². The predicted molar refractivity (Wildman–Crippen MR) is 120 cm³/mol. The van der Waals surface area contributed by atoms with Gasteiger partial charge >= 0.3 is 0 Å². The van der Waals surface area contributed by atoms with Gasteiger partial charge in [0.2, 0.25) is 10.0 Å². The fourth-order valence-electron chi connectivity index (χ4n) is 3.96. The third-order valence-electron chi connectivity index (χ3n) is 5.72. The molecule has 1 aliphatic rings. The van der Waals surface area contributed by atoms with Crippen molar-refractivity contribution >= 4 is 15.9 Å². The molecule has 2 aromatic carbocycles. The molecule has 0 aromatic heterocycles. The number of hydrogen-bond donors (Lipinski definition) is 1. The lowest BCUT2D eigenvalue weighted by Crippen LogP contribution is -2.39. The van der Waals surface area contributed by atoms with E-state index in [-0.39, 0.29) is 11.7 Å². The minimum Gasteiger partial charge on any atom is -0.339 e. The molecule has 3 rings (SSSR count). The van der Waals surface area contributed by atoms with Gasteiger partial charge in [-0.3, -0.25) is 4.79 Å².